The molecule has 3 rings (SSSR count). The molecule has 0 saturated carbocycles. The summed E-state index contributed by atoms with van der Waals surface area (Å²) in [6.07, 6.45) is 2.72. The van der Waals surface area contributed by atoms with Crippen LogP contribution in [0.25, 0.3) is 10.8 Å². The summed E-state index contributed by atoms with van der Waals surface area (Å²) in [6, 6.07) is 8.07. The highest BCUT2D eigenvalue weighted by Crippen LogP contribution is 2.34. The standard InChI is InChI=1S/C25H31N3O6S/c1-7-33-22-11-16-13-28(23(26)17(16)12-18(22)24(30)27-5)14-20(29)15-8-9-21(34-35(6,31)32)19(10-15)25(2,3)4/h8-13H,7,14,26H2,1-6H3,(H,27,30). The molecule has 3 aromatic rings. The maximum absolute atomic E-state index is 13.2. The third-order valence-electron chi connectivity index (χ3n) is 5.47. The van der Waals surface area contributed by atoms with Crippen molar-refractivity contribution in [2.24, 2.45) is 0 Å². The van der Waals surface area contributed by atoms with Crippen LogP contribution in [0.3, 0.4) is 0 Å². The van der Waals surface area contributed by atoms with E-state index in [1.54, 1.807) is 29.0 Å². The van der Waals surface area contributed by atoms with Gasteiger partial charge in [-0.2, -0.15) is 8.42 Å². The summed E-state index contributed by atoms with van der Waals surface area (Å²) in [7, 11) is -2.19. The van der Waals surface area contributed by atoms with E-state index in [1.165, 1.54) is 19.2 Å². The Morgan fingerprint density at radius 3 is 2.37 bits per heavy atom. The number of hydrogen-bond donors (Lipinski definition) is 2. The van der Waals surface area contributed by atoms with Crippen LogP contribution >= 0.6 is 0 Å². The Morgan fingerprint density at radius 1 is 1.11 bits per heavy atom. The Bertz CT molecular complexity index is 1400. The number of nitrogens with zero attached hydrogens (tertiary/aromatic N) is 1. The summed E-state index contributed by atoms with van der Waals surface area (Å²) < 4.78 is 35.7. The van der Waals surface area contributed by atoms with Crippen molar-refractivity contribution in [3.05, 3.63) is 53.2 Å². The maximum Gasteiger partial charge on any atom is 0.306 e. The minimum Gasteiger partial charge on any atom is -0.493 e. The second kappa shape index (κ2) is 9.61. The molecule has 188 valence electrons. The lowest BCUT2D eigenvalue weighted by molar-refractivity contribution is 0.0955. The fourth-order valence-corrected chi connectivity index (χ4v) is 4.28. The molecule has 0 fully saturated rings. The molecule has 0 atom stereocenters. The van der Waals surface area contributed by atoms with Crippen LogP contribution in [0.15, 0.2) is 36.5 Å². The average molecular weight is 502 g/mol. The number of fused-ring (bicyclic) bond motifs is 1. The maximum atomic E-state index is 13.2. The molecule has 35 heavy (non-hydrogen) atoms. The van der Waals surface area contributed by atoms with Gasteiger partial charge in [-0.25, -0.2) is 0 Å². The highest BCUT2D eigenvalue weighted by molar-refractivity contribution is 7.86. The first kappa shape index (κ1) is 26.1. The van der Waals surface area contributed by atoms with Gasteiger partial charge >= 0.3 is 10.1 Å². The van der Waals surface area contributed by atoms with Crippen molar-refractivity contribution < 1.29 is 26.9 Å². The van der Waals surface area contributed by atoms with Crippen molar-refractivity contribution in [3.8, 4) is 11.5 Å². The summed E-state index contributed by atoms with van der Waals surface area (Å²) in [5.41, 5.74) is 7.22. The van der Waals surface area contributed by atoms with Crippen molar-refractivity contribution in [1.29, 1.82) is 0 Å². The van der Waals surface area contributed by atoms with Gasteiger partial charge < -0.3 is 24.5 Å². The zero-order valence-electron chi connectivity index (χ0n) is 20.8. The van der Waals surface area contributed by atoms with Crippen molar-refractivity contribution in [2.45, 2.75) is 39.7 Å². The third kappa shape index (κ3) is 5.76. The van der Waals surface area contributed by atoms with Gasteiger partial charge in [0.05, 0.1) is 25.0 Å². The topological polar surface area (TPSA) is 130 Å². The summed E-state index contributed by atoms with van der Waals surface area (Å²) in [5.74, 6) is 0.441. The number of carbonyl (C=O) groups excluding carboxylic acids is 2. The van der Waals surface area contributed by atoms with E-state index in [0.717, 1.165) is 11.6 Å². The van der Waals surface area contributed by atoms with Crippen LogP contribution in [0.4, 0.5) is 5.82 Å². The minimum absolute atomic E-state index is 0.0460. The predicted molar refractivity (Wildman–Crippen MR) is 136 cm³/mol. The molecule has 0 aliphatic carbocycles. The first-order valence-corrected chi connectivity index (χ1v) is 12.9. The number of nitrogen functional groups attached to an aromatic ring is 1. The Labute approximate surface area is 205 Å². The van der Waals surface area contributed by atoms with E-state index in [-0.39, 0.29) is 24.0 Å². The number of ether oxygens (including phenoxy) is 1. The van der Waals surface area contributed by atoms with Crippen LogP contribution in [-0.2, 0) is 22.1 Å². The number of anilines is 1. The van der Waals surface area contributed by atoms with Crippen molar-refractivity contribution in [1.82, 2.24) is 9.88 Å². The number of benzene rings is 2. The highest BCUT2D eigenvalue weighted by Gasteiger charge is 2.24. The zero-order valence-corrected chi connectivity index (χ0v) is 21.6. The Morgan fingerprint density at radius 2 is 1.80 bits per heavy atom. The number of rotatable bonds is 8. The Balaban J connectivity index is 2.00. The Kier molecular flexibility index (Phi) is 7.16. The van der Waals surface area contributed by atoms with Gasteiger partial charge in [0.1, 0.15) is 17.3 Å². The van der Waals surface area contributed by atoms with Gasteiger partial charge in [0.2, 0.25) is 0 Å². The molecule has 0 aliphatic heterocycles. The van der Waals surface area contributed by atoms with Gasteiger partial charge in [0, 0.05) is 35.1 Å². The van der Waals surface area contributed by atoms with Gasteiger partial charge in [0.25, 0.3) is 5.91 Å². The smallest absolute Gasteiger partial charge is 0.306 e. The SMILES string of the molecule is CCOc1cc2cn(CC(=O)c3ccc(OS(C)(=O)=O)c(C(C)(C)C)c3)c(N)c2cc1C(=O)NC. The predicted octanol–water partition coefficient (Wildman–Crippen LogP) is 3.50. The molecule has 10 heteroatoms. The van der Waals surface area contributed by atoms with Gasteiger partial charge in [-0.1, -0.05) is 20.8 Å². The lowest BCUT2D eigenvalue weighted by Crippen LogP contribution is -2.19. The monoisotopic (exact) mass is 501 g/mol. The quantitative estimate of drug-likeness (QED) is 0.357. The molecule has 0 radical (unpaired) electrons. The van der Waals surface area contributed by atoms with Crippen LogP contribution in [-0.4, -0.2) is 44.6 Å². The van der Waals surface area contributed by atoms with E-state index in [0.29, 0.717) is 40.3 Å². The molecule has 1 heterocycles. The van der Waals surface area contributed by atoms with E-state index in [1.807, 2.05) is 27.7 Å². The second-order valence-corrected chi connectivity index (χ2v) is 10.8. The Hall–Kier alpha value is -3.53. The van der Waals surface area contributed by atoms with Crippen molar-refractivity contribution in [3.63, 3.8) is 0 Å². The molecule has 0 unspecified atom stereocenters. The second-order valence-electron chi connectivity index (χ2n) is 9.26. The summed E-state index contributed by atoms with van der Waals surface area (Å²) in [6.45, 7) is 7.89. The molecule has 0 saturated heterocycles. The number of ketones is 1. The molecule has 3 N–H and O–H groups in total. The molecule has 2 aromatic carbocycles. The van der Waals surface area contributed by atoms with Gasteiger partial charge in [0.15, 0.2) is 5.78 Å². The lowest BCUT2D eigenvalue weighted by Gasteiger charge is -2.23. The fourth-order valence-electron chi connectivity index (χ4n) is 3.81. The van der Waals surface area contributed by atoms with Crippen molar-refractivity contribution in [2.75, 3.05) is 25.6 Å². The largest absolute Gasteiger partial charge is 0.493 e. The summed E-state index contributed by atoms with van der Waals surface area (Å²) in [5, 5.41) is 3.96. The number of nitrogens with one attached hydrogen (secondary N) is 1. The average Bonchev–Trinajstić information content (AvgIpc) is 3.05. The van der Waals surface area contributed by atoms with Gasteiger partial charge in [-0.15, -0.1) is 0 Å². The number of carbonyl (C=O) groups is 2. The molecule has 0 spiro atoms. The van der Waals surface area contributed by atoms with Crippen molar-refractivity contribution >= 4 is 38.4 Å². The summed E-state index contributed by atoms with van der Waals surface area (Å²) >= 11 is 0. The molecule has 1 aromatic heterocycles. The minimum atomic E-state index is -3.73. The zero-order chi connectivity index (χ0) is 26.1. The fraction of sp³-hybridized carbons (Fsp3) is 0.360. The van der Waals surface area contributed by atoms with E-state index < -0.39 is 15.5 Å². The molecule has 0 aliphatic rings. The molecule has 1 amide bonds. The van der Waals surface area contributed by atoms with Gasteiger partial charge in [-0.3, -0.25) is 9.59 Å². The van der Waals surface area contributed by atoms with Crippen LogP contribution in [0, 0.1) is 0 Å². The number of hydrogen-bond acceptors (Lipinski definition) is 7. The summed E-state index contributed by atoms with van der Waals surface area (Å²) in [4.78, 5) is 25.5. The highest BCUT2D eigenvalue weighted by atomic mass is 32.2. The van der Waals surface area contributed by atoms with Crippen LogP contribution in [0.2, 0.25) is 0 Å². The first-order chi connectivity index (χ1) is 16.2. The van der Waals surface area contributed by atoms with Crippen LogP contribution < -0.4 is 20.0 Å². The van der Waals surface area contributed by atoms with Crippen LogP contribution in [0.5, 0.6) is 11.5 Å². The van der Waals surface area contributed by atoms with E-state index in [9.17, 15) is 18.0 Å². The third-order valence-corrected chi connectivity index (χ3v) is 5.95. The number of Topliss-reactive ketones (excluding diaryl/α,β-unsaturated/α-hetero) is 1. The van der Waals surface area contributed by atoms with E-state index >= 15 is 0 Å². The van der Waals surface area contributed by atoms with Crippen LogP contribution in [0.1, 0.15) is 54.0 Å². The number of aromatic nitrogens is 1. The molecule has 0 bridgehead atoms. The first-order valence-electron chi connectivity index (χ1n) is 11.1. The lowest BCUT2D eigenvalue weighted by atomic mass is 9.85. The normalized spacial score (nSPS) is 11.9. The van der Waals surface area contributed by atoms with Gasteiger partial charge in [-0.05, 0) is 42.7 Å². The van der Waals surface area contributed by atoms with E-state index in [2.05, 4.69) is 5.32 Å². The molecular formula is C25H31N3O6S. The molecule has 9 nitrogen and oxygen atoms in total. The van der Waals surface area contributed by atoms with E-state index in [4.69, 9.17) is 14.7 Å². The molecular weight excluding hydrogens is 470 g/mol. The number of amides is 1. The number of nitrogens with two attached hydrogens (primary N) is 1.